The van der Waals surface area contributed by atoms with Crippen molar-refractivity contribution in [3.05, 3.63) is 64.7 Å². The molecule has 2 aliphatic heterocycles. The number of ether oxygens (including phenoxy) is 1. The zero-order valence-electron chi connectivity index (χ0n) is 20.1. The number of hydrogen-bond acceptors (Lipinski definition) is 7. The average molecular weight is 512 g/mol. The number of halogens is 2. The Balaban J connectivity index is 1.62. The summed E-state index contributed by atoms with van der Waals surface area (Å²) in [6.07, 6.45) is 3.00. The minimum absolute atomic E-state index is 0.0216. The number of carbonyl (C=O) groups is 1. The van der Waals surface area contributed by atoms with E-state index in [0.717, 1.165) is 0 Å². The fourth-order valence-corrected chi connectivity index (χ4v) is 5.58. The molecular formula is C26H27F2N5O2S. The largest absolute Gasteiger partial charge is 0.378 e. The molecule has 4 rings (SSSR count). The van der Waals surface area contributed by atoms with Gasteiger partial charge in [0, 0.05) is 24.8 Å². The molecule has 0 spiro atoms. The maximum Gasteiger partial charge on any atom is 0.236 e. The van der Waals surface area contributed by atoms with Gasteiger partial charge in [0.2, 0.25) is 5.91 Å². The number of amidine groups is 1. The Kier molecular flexibility index (Phi) is 7.71. The average Bonchev–Trinajstić information content (AvgIpc) is 3.00. The van der Waals surface area contributed by atoms with Gasteiger partial charge in [0.15, 0.2) is 5.17 Å². The highest BCUT2D eigenvalue weighted by molar-refractivity contribution is 8.14. The molecule has 1 saturated heterocycles. The highest BCUT2D eigenvalue weighted by atomic mass is 32.2. The number of hydrogen-bond donors (Lipinski definition) is 1. The van der Waals surface area contributed by atoms with E-state index in [2.05, 4.69) is 9.98 Å². The normalized spacial score (nSPS) is 25.0. The van der Waals surface area contributed by atoms with Gasteiger partial charge in [-0.2, -0.15) is 5.26 Å². The number of aromatic nitrogens is 1. The van der Waals surface area contributed by atoms with E-state index >= 15 is 4.39 Å². The number of aliphatic imine (C=N–C) groups is 1. The highest BCUT2D eigenvalue weighted by Gasteiger charge is 2.42. The van der Waals surface area contributed by atoms with Gasteiger partial charge in [-0.05, 0) is 55.2 Å². The molecule has 3 atom stereocenters. The van der Waals surface area contributed by atoms with Crippen LogP contribution in [0.1, 0.15) is 42.7 Å². The molecule has 0 aliphatic carbocycles. The number of benzene rings is 1. The van der Waals surface area contributed by atoms with E-state index in [9.17, 15) is 9.18 Å². The summed E-state index contributed by atoms with van der Waals surface area (Å²) >= 11 is 1.20. The lowest BCUT2D eigenvalue weighted by Gasteiger charge is -2.34. The van der Waals surface area contributed by atoms with Crippen LogP contribution in [0.2, 0.25) is 0 Å². The number of amides is 1. The molecule has 7 nitrogen and oxygen atoms in total. The summed E-state index contributed by atoms with van der Waals surface area (Å²) in [5, 5.41) is 8.67. The SMILES string of the molecule is CC1CC(C(=O)N2CCOCC2)SC(N)=N[C@]1(C)c1cc(/C=C(\F)c2ccc(C#N)cn2)ccc1F. The molecule has 2 unspecified atom stereocenters. The van der Waals surface area contributed by atoms with Gasteiger partial charge in [0.1, 0.15) is 17.7 Å². The fraction of sp³-hybridized carbons (Fsp3) is 0.385. The first-order valence-corrected chi connectivity index (χ1v) is 12.5. The summed E-state index contributed by atoms with van der Waals surface area (Å²) in [5.41, 5.74) is 6.25. The van der Waals surface area contributed by atoms with Crippen LogP contribution in [-0.4, -0.2) is 52.5 Å². The standard InChI is InChI=1S/C26H27F2N5O2S/c1-16-11-23(24(34)33-7-9-35-10-8-33)36-25(30)32-26(16,2)19-12-17(3-5-20(19)27)13-21(28)22-6-4-18(14-29)15-31-22/h3-6,12-13,15-16,23H,7-11H2,1-2H3,(H2,30,32)/b21-13-/t16?,23?,26-/m0/s1. The van der Waals surface area contributed by atoms with Gasteiger partial charge in [-0.3, -0.25) is 14.8 Å². The van der Waals surface area contributed by atoms with Crippen molar-refractivity contribution in [2.24, 2.45) is 16.6 Å². The molecule has 3 heterocycles. The van der Waals surface area contributed by atoms with Crippen LogP contribution in [0.5, 0.6) is 0 Å². The molecule has 0 radical (unpaired) electrons. The van der Waals surface area contributed by atoms with Crippen LogP contribution >= 0.6 is 11.8 Å². The maximum absolute atomic E-state index is 15.2. The molecule has 2 N–H and O–H groups in total. The third-order valence-electron chi connectivity index (χ3n) is 6.70. The van der Waals surface area contributed by atoms with Crippen LogP contribution in [0.3, 0.4) is 0 Å². The third-order valence-corrected chi connectivity index (χ3v) is 7.71. The first-order chi connectivity index (χ1) is 17.2. The number of pyridine rings is 1. The third kappa shape index (κ3) is 5.42. The van der Waals surface area contributed by atoms with Gasteiger partial charge >= 0.3 is 0 Å². The lowest BCUT2D eigenvalue weighted by molar-refractivity contribution is -0.135. The highest BCUT2D eigenvalue weighted by Crippen LogP contribution is 2.43. The smallest absolute Gasteiger partial charge is 0.236 e. The molecule has 0 bridgehead atoms. The van der Waals surface area contributed by atoms with Crippen molar-refractivity contribution >= 4 is 34.7 Å². The Morgan fingerprint density at radius 1 is 1.33 bits per heavy atom. The number of thioether (sulfide) groups is 1. The maximum atomic E-state index is 15.2. The van der Waals surface area contributed by atoms with Crippen molar-refractivity contribution in [1.29, 1.82) is 5.26 Å². The lowest BCUT2D eigenvalue weighted by Crippen LogP contribution is -2.45. The van der Waals surface area contributed by atoms with Gasteiger partial charge in [0.05, 0.1) is 35.3 Å². The number of nitriles is 1. The summed E-state index contributed by atoms with van der Waals surface area (Å²) in [7, 11) is 0. The molecule has 0 saturated carbocycles. The Morgan fingerprint density at radius 3 is 2.75 bits per heavy atom. The molecule has 188 valence electrons. The molecule has 1 amide bonds. The number of nitrogens with zero attached hydrogens (tertiary/aromatic N) is 4. The van der Waals surface area contributed by atoms with Crippen molar-refractivity contribution in [3.8, 4) is 6.07 Å². The second-order valence-electron chi connectivity index (χ2n) is 9.05. The lowest BCUT2D eigenvalue weighted by atomic mass is 9.78. The second-order valence-corrected chi connectivity index (χ2v) is 10.3. The molecule has 2 aliphatic rings. The van der Waals surface area contributed by atoms with Crippen LogP contribution in [-0.2, 0) is 15.1 Å². The molecule has 2 aromatic rings. The van der Waals surface area contributed by atoms with Crippen LogP contribution in [0.25, 0.3) is 11.9 Å². The van der Waals surface area contributed by atoms with Crippen LogP contribution in [0.15, 0.2) is 41.5 Å². The predicted octanol–water partition coefficient (Wildman–Crippen LogP) is 4.09. The number of nitrogens with two attached hydrogens (primary N) is 1. The Labute approximate surface area is 213 Å². The molecule has 1 fully saturated rings. The zero-order valence-corrected chi connectivity index (χ0v) is 20.9. The Hall–Kier alpha value is -3.29. The summed E-state index contributed by atoms with van der Waals surface area (Å²) < 4.78 is 35.4. The Morgan fingerprint density at radius 2 is 2.08 bits per heavy atom. The van der Waals surface area contributed by atoms with Crippen molar-refractivity contribution in [2.45, 2.75) is 31.1 Å². The molecular weight excluding hydrogens is 484 g/mol. The predicted molar refractivity (Wildman–Crippen MR) is 136 cm³/mol. The first-order valence-electron chi connectivity index (χ1n) is 11.6. The first kappa shape index (κ1) is 25.8. The second kappa shape index (κ2) is 10.8. The number of carbonyl (C=O) groups excluding carboxylic acids is 1. The summed E-state index contributed by atoms with van der Waals surface area (Å²) in [4.78, 5) is 23.5. The van der Waals surface area contributed by atoms with Crippen molar-refractivity contribution in [1.82, 2.24) is 9.88 Å². The minimum atomic E-state index is -1.06. The summed E-state index contributed by atoms with van der Waals surface area (Å²) in [6.45, 7) is 5.77. The van der Waals surface area contributed by atoms with Gasteiger partial charge in [0.25, 0.3) is 0 Å². The van der Waals surface area contributed by atoms with Gasteiger partial charge < -0.3 is 15.4 Å². The molecule has 1 aromatic heterocycles. The van der Waals surface area contributed by atoms with Crippen LogP contribution in [0, 0.1) is 23.1 Å². The molecule has 10 heteroatoms. The number of morpholine rings is 1. The fourth-order valence-electron chi connectivity index (χ4n) is 4.42. The summed E-state index contributed by atoms with van der Waals surface area (Å²) in [5.74, 6) is -1.37. The van der Waals surface area contributed by atoms with Gasteiger partial charge in [-0.1, -0.05) is 24.8 Å². The monoisotopic (exact) mass is 511 g/mol. The Bertz CT molecular complexity index is 1240. The van der Waals surface area contributed by atoms with Gasteiger partial charge in [-0.25, -0.2) is 8.78 Å². The van der Waals surface area contributed by atoms with Crippen molar-refractivity contribution in [3.63, 3.8) is 0 Å². The van der Waals surface area contributed by atoms with E-state index < -0.39 is 22.4 Å². The quantitative estimate of drug-likeness (QED) is 0.663. The van der Waals surface area contributed by atoms with Crippen molar-refractivity contribution in [2.75, 3.05) is 26.3 Å². The van der Waals surface area contributed by atoms with E-state index in [1.807, 2.05) is 13.0 Å². The zero-order chi connectivity index (χ0) is 25.9. The van der Waals surface area contributed by atoms with E-state index in [1.54, 1.807) is 17.9 Å². The van der Waals surface area contributed by atoms with Crippen LogP contribution < -0.4 is 5.73 Å². The topological polar surface area (TPSA) is 105 Å². The molecule has 36 heavy (non-hydrogen) atoms. The van der Waals surface area contributed by atoms with E-state index in [-0.39, 0.29) is 28.3 Å². The minimum Gasteiger partial charge on any atom is -0.378 e. The van der Waals surface area contributed by atoms with Gasteiger partial charge in [-0.15, -0.1) is 0 Å². The molecule has 1 aromatic carbocycles. The van der Waals surface area contributed by atoms with E-state index in [1.165, 1.54) is 48.3 Å². The van der Waals surface area contributed by atoms with Crippen LogP contribution in [0.4, 0.5) is 8.78 Å². The van der Waals surface area contributed by atoms with E-state index in [0.29, 0.717) is 43.9 Å². The van der Waals surface area contributed by atoms with E-state index in [4.69, 9.17) is 15.7 Å². The summed E-state index contributed by atoms with van der Waals surface area (Å²) in [6, 6.07) is 9.13. The number of rotatable bonds is 4. The van der Waals surface area contributed by atoms with Crippen molar-refractivity contribution < 1.29 is 18.3 Å².